The van der Waals surface area contributed by atoms with Crippen LogP contribution in [0.2, 0.25) is 0 Å². The van der Waals surface area contributed by atoms with Crippen LogP contribution in [0.4, 0.5) is 5.82 Å². The molecule has 0 saturated carbocycles. The van der Waals surface area contributed by atoms with Crippen molar-refractivity contribution in [1.82, 2.24) is 14.9 Å². The van der Waals surface area contributed by atoms with Gasteiger partial charge in [-0.2, -0.15) is 11.8 Å². The molecule has 8 heteroatoms. The van der Waals surface area contributed by atoms with Crippen LogP contribution in [-0.4, -0.2) is 39.9 Å². The Morgan fingerprint density at radius 1 is 1.61 bits per heavy atom. The number of aromatic nitrogens is 2. The van der Waals surface area contributed by atoms with Crippen LogP contribution in [0.5, 0.6) is 0 Å². The number of nitrogens with zero attached hydrogens (tertiary/aromatic N) is 3. The molecule has 7 nitrogen and oxygen atoms in total. The lowest BCUT2D eigenvalue weighted by molar-refractivity contribution is -0.391. The molecule has 0 unspecified atom stereocenters. The third-order valence-corrected chi connectivity index (χ3v) is 3.41. The molecule has 0 amide bonds. The second-order valence-corrected chi connectivity index (χ2v) is 4.90. The van der Waals surface area contributed by atoms with Crippen molar-refractivity contribution in [2.24, 2.45) is 12.8 Å². The van der Waals surface area contributed by atoms with Crippen LogP contribution < -0.4 is 11.1 Å². The van der Waals surface area contributed by atoms with Gasteiger partial charge in [-0.1, -0.05) is 0 Å². The molecule has 0 radical (unpaired) electrons. The molecule has 102 valence electrons. The average Bonchev–Trinajstić information content (AvgIpc) is 2.70. The Morgan fingerprint density at radius 2 is 2.39 bits per heavy atom. The number of rotatable bonds is 9. The van der Waals surface area contributed by atoms with Crippen LogP contribution in [-0.2, 0) is 12.8 Å². The molecule has 18 heavy (non-hydrogen) atoms. The van der Waals surface area contributed by atoms with Gasteiger partial charge in [0, 0.05) is 12.3 Å². The van der Waals surface area contributed by atoms with E-state index in [1.165, 1.54) is 10.8 Å². The molecular formula is C10H19N5O2S. The van der Waals surface area contributed by atoms with Crippen LogP contribution in [0.3, 0.4) is 0 Å². The fourth-order valence-corrected chi connectivity index (χ4v) is 2.29. The van der Waals surface area contributed by atoms with Gasteiger partial charge in [0.2, 0.25) is 5.82 Å². The van der Waals surface area contributed by atoms with Crippen molar-refractivity contribution in [3.63, 3.8) is 0 Å². The number of nitrogens with one attached hydrogen (secondary N) is 1. The SMILES string of the molecule is Cn1c([N+](=O)[O-])cnc1CSCCNCCCN. The van der Waals surface area contributed by atoms with Crippen molar-refractivity contribution in [2.45, 2.75) is 12.2 Å². The maximum absolute atomic E-state index is 10.6. The van der Waals surface area contributed by atoms with E-state index >= 15 is 0 Å². The van der Waals surface area contributed by atoms with Crippen LogP contribution >= 0.6 is 11.8 Å². The van der Waals surface area contributed by atoms with Gasteiger partial charge in [-0.05, 0) is 24.4 Å². The zero-order chi connectivity index (χ0) is 13.4. The normalized spacial score (nSPS) is 10.8. The molecule has 3 N–H and O–H groups in total. The molecule has 0 fully saturated rings. The predicted octanol–water partition coefficient (Wildman–Crippen LogP) is 0.500. The quantitative estimate of drug-likeness (QED) is 0.386. The Hall–Kier alpha value is -1.12. The third-order valence-electron chi connectivity index (χ3n) is 2.46. The Morgan fingerprint density at radius 3 is 3.00 bits per heavy atom. The van der Waals surface area contributed by atoms with Crippen LogP contribution in [0.15, 0.2) is 6.20 Å². The highest BCUT2D eigenvalue weighted by atomic mass is 32.2. The minimum absolute atomic E-state index is 0.0340. The molecule has 0 aliphatic rings. The summed E-state index contributed by atoms with van der Waals surface area (Å²) in [5.74, 6) is 2.40. The highest BCUT2D eigenvalue weighted by molar-refractivity contribution is 7.98. The van der Waals surface area contributed by atoms with E-state index in [0.717, 1.165) is 31.1 Å². The molecule has 1 aromatic heterocycles. The first-order chi connectivity index (χ1) is 8.66. The van der Waals surface area contributed by atoms with E-state index in [9.17, 15) is 10.1 Å². The summed E-state index contributed by atoms with van der Waals surface area (Å²) in [7, 11) is 1.67. The van der Waals surface area contributed by atoms with E-state index in [2.05, 4.69) is 10.3 Å². The maximum Gasteiger partial charge on any atom is 0.342 e. The number of hydrogen-bond donors (Lipinski definition) is 2. The van der Waals surface area contributed by atoms with Gasteiger partial charge in [0.25, 0.3) is 0 Å². The van der Waals surface area contributed by atoms with Crippen molar-refractivity contribution in [2.75, 3.05) is 25.4 Å². The van der Waals surface area contributed by atoms with Gasteiger partial charge < -0.3 is 21.2 Å². The summed E-state index contributed by atoms with van der Waals surface area (Å²) in [4.78, 5) is 14.3. The zero-order valence-corrected chi connectivity index (χ0v) is 11.3. The van der Waals surface area contributed by atoms with E-state index in [1.54, 1.807) is 18.8 Å². The Bertz CT molecular complexity index is 382. The maximum atomic E-state index is 10.6. The van der Waals surface area contributed by atoms with Crippen molar-refractivity contribution in [1.29, 1.82) is 0 Å². The Labute approximate surface area is 110 Å². The minimum atomic E-state index is -0.421. The zero-order valence-electron chi connectivity index (χ0n) is 10.5. The number of thioether (sulfide) groups is 1. The van der Waals surface area contributed by atoms with Gasteiger partial charge in [0.05, 0.1) is 12.8 Å². The summed E-state index contributed by atoms with van der Waals surface area (Å²) in [5, 5.41) is 13.9. The molecule has 0 bridgehead atoms. The summed E-state index contributed by atoms with van der Waals surface area (Å²) in [5.41, 5.74) is 5.38. The average molecular weight is 273 g/mol. The summed E-state index contributed by atoms with van der Waals surface area (Å²) in [6.45, 7) is 2.55. The molecule has 0 aliphatic carbocycles. The molecule has 0 aromatic carbocycles. The second-order valence-electron chi connectivity index (χ2n) is 3.79. The van der Waals surface area contributed by atoms with Crippen molar-refractivity contribution in [3.8, 4) is 0 Å². The molecule has 1 rings (SSSR count). The van der Waals surface area contributed by atoms with Gasteiger partial charge in [-0.15, -0.1) is 0 Å². The minimum Gasteiger partial charge on any atom is -0.358 e. The Balaban J connectivity index is 2.21. The van der Waals surface area contributed by atoms with E-state index in [-0.39, 0.29) is 5.82 Å². The molecule has 1 aromatic rings. The van der Waals surface area contributed by atoms with E-state index < -0.39 is 4.92 Å². The van der Waals surface area contributed by atoms with E-state index in [1.807, 2.05) is 0 Å². The fourth-order valence-electron chi connectivity index (χ4n) is 1.40. The summed E-state index contributed by atoms with van der Waals surface area (Å²) < 4.78 is 1.52. The molecule has 0 spiro atoms. The molecule has 1 heterocycles. The summed E-state index contributed by atoms with van der Waals surface area (Å²) in [6, 6.07) is 0. The monoisotopic (exact) mass is 273 g/mol. The number of nitro groups is 1. The van der Waals surface area contributed by atoms with Crippen molar-refractivity contribution in [3.05, 3.63) is 22.1 Å². The van der Waals surface area contributed by atoms with Crippen molar-refractivity contribution >= 4 is 17.6 Å². The Kier molecular flexibility index (Phi) is 6.69. The lowest BCUT2D eigenvalue weighted by Crippen LogP contribution is -2.20. The van der Waals surface area contributed by atoms with Crippen LogP contribution in [0.25, 0.3) is 0 Å². The highest BCUT2D eigenvalue weighted by Gasteiger charge is 2.15. The lowest BCUT2D eigenvalue weighted by atomic mass is 10.4. The van der Waals surface area contributed by atoms with Crippen LogP contribution in [0, 0.1) is 10.1 Å². The van der Waals surface area contributed by atoms with Crippen molar-refractivity contribution < 1.29 is 4.92 Å². The second kappa shape index (κ2) is 8.06. The van der Waals surface area contributed by atoms with Crippen LogP contribution in [0.1, 0.15) is 12.2 Å². The number of imidazole rings is 1. The summed E-state index contributed by atoms with van der Waals surface area (Å²) >= 11 is 1.70. The third kappa shape index (κ3) is 4.63. The predicted molar refractivity (Wildman–Crippen MR) is 72.6 cm³/mol. The summed E-state index contributed by atoms with van der Waals surface area (Å²) in [6.07, 6.45) is 2.28. The molecular weight excluding hydrogens is 254 g/mol. The van der Waals surface area contributed by atoms with Gasteiger partial charge >= 0.3 is 5.82 Å². The van der Waals surface area contributed by atoms with Gasteiger partial charge in [-0.3, -0.25) is 0 Å². The largest absolute Gasteiger partial charge is 0.358 e. The highest BCUT2D eigenvalue weighted by Crippen LogP contribution is 2.16. The van der Waals surface area contributed by atoms with Gasteiger partial charge in [-0.25, -0.2) is 9.55 Å². The number of hydrogen-bond acceptors (Lipinski definition) is 6. The van der Waals surface area contributed by atoms with E-state index in [0.29, 0.717) is 12.3 Å². The first-order valence-corrected chi connectivity index (χ1v) is 6.95. The first kappa shape index (κ1) is 14.9. The van der Waals surface area contributed by atoms with Gasteiger partial charge in [0.1, 0.15) is 6.20 Å². The standard InChI is InChI=1S/C10H19N5O2S/c1-14-9(13-7-10(14)15(16)17)8-18-6-5-12-4-2-3-11/h7,12H,2-6,8,11H2,1H3. The number of nitrogens with two attached hydrogens (primary N) is 1. The molecule has 0 saturated heterocycles. The van der Waals surface area contributed by atoms with Gasteiger partial charge in [0.15, 0.2) is 0 Å². The fraction of sp³-hybridized carbons (Fsp3) is 0.700. The molecule has 0 aliphatic heterocycles. The smallest absolute Gasteiger partial charge is 0.342 e. The first-order valence-electron chi connectivity index (χ1n) is 5.80. The lowest BCUT2D eigenvalue weighted by Gasteiger charge is -2.03. The topological polar surface area (TPSA) is 99.0 Å². The van der Waals surface area contributed by atoms with E-state index in [4.69, 9.17) is 5.73 Å². The molecule has 0 atom stereocenters.